The Balaban J connectivity index is 1.28. The predicted molar refractivity (Wildman–Crippen MR) is 140 cm³/mol. The molecule has 42 heavy (non-hydrogen) atoms. The lowest BCUT2D eigenvalue weighted by molar-refractivity contribution is -0.191. The van der Waals surface area contributed by atoms with Gasteiger partial charge in [0.05, 0.1) is 11.7 Å². The van der Waals surface area contributed by atoms with Crippen LogP contribution < -0.4 is 16.0 Å². The van der Waals surface area contributed by atoms with Crippen LogP contribution in [0.1, 0.15) is 65.2 Å². The monoisotopic (exact) mass is 593 g/mol. The van der Waals surface area contributed by atoms with Crippen LogP contribution in [0.5, 0.6) is 0 Å². The summed E-state index contributed by atoms with van der Waals surface area (Å²) in [6, 6.07) is -1.53. The molecule has 7 rings (SSSR count). The largest absolute Gasteiger partial charge is 0.471 e. The zero-order valence-electron chi connectivity index (χ0n) is 23.8. The van der Waals surface area contributed by atoms with E-state index in [0.29, 0.717) is 38.6 Å². The van der Waals surface area contributed by atoms with Gasteiger partial charge in [0.25, 0.3) is 0 Å². The molecule has 2 aliphatic heterocycles. The summed E-state index contributed by atoms with van der Waals surface area (Å²) in [6.45, 7) is 4.56. The van der Waals surface area contributed by atoms with Gasteiger partial charge >= 0.3 is 12.1 Å². The summed E-state index contributed by atoms with van der Waals surface area (Å²) < 4.78 is 40.6. The normalized spacial score (nSPS) is 40.5. The van der Waals surface area contributed by atoms with Gasteiger partial charge in [-0.2, -0.15) is 18.4 Å². The smallest absolute Gasteiger partial charge is 0.390 e. The number of halogens is 3. The quantitative estimate of drug-likeness (QED) is 0.350. The highest BCUT2D eigenvalue weighted by atomic mass is 19.4. The number of hydrogen-bond acceptors (Lipinski definition) is 6. The van der Waals surface area contributed by atoms with Crippen LogP contribution in [0.4, 0.5) is 13.2 Å². The van der Waals surface area contributed by atoms with E-state index in [4.69, 9.17) is 0 Å². The molecule has 0 aromatic heterocycles. The van der Waals surface area contributed by atoms with Gasteiger partial charge in [-0.05, 0) is 80.5 Å². The molecule has 5 saturated carbocycles. The fourth-order valence-corrected chi connectivity index (χ4v) is 9.85. The highest BCUT2D eigenvalue weighted by Crippen LogP contribution is 2.66. The van der Waals surface area contributed by atoms with Gasteiger partial charge in [0.15, 0.2) is 0 Å². The SMILES string of the molecule is CC1(C)[C@@H]2[C@@H](C(=O)N[C@H](C#N)C[C@@H]3CCNC3=O)N(C(=O)[C@@H](NC(=O)C(F)(F)F)[C@@]34C[C@@H]5C[C@@H](C[C@](O)(C5)C3)C4)C[C@@H]21. The van der Waals surface area contributed by atoms with Crippen molar-refractivity contribution in [3.63, 3.8) is 0 Å². The maximum atomic E-state index is 14.4. The summed E-state index contributed by atoms with van der Waals surface area (Å²) >= 11 is 0. The molecular formula is C29H38F3N5O5. The average Bonchev–Trinajstić information content (AvgIpc) is 3.22. The van der Waals surface area contributed by atoms with E-state index in [1.54, 1.807) is 0 Å². The van der Waals surface area contributed by atoms with Gasteiger partial charge in [-0.1, -0.05) is 13.8 Å². The molecule has 4 bridgehead atoms. The number of alkyl halides is 3. The van der Waals surface area contributed by atoms with Gasteiger partial charge in [-0.25, -0.2) is 0 Å². The minimum Gasteiger partial charge on any atom is -0.390 e. The van der Waals surface area contributed by atoms with Gasteiger partial charge in [0.2, 0.25) is 17.7 Å². The van der Waals surface area contributed by atoms with E-state index in [0.717, 1.165) is 6.42 Å². The number of fused-ring (bicyclic) bond motifs is 1. The molecule has 0 radical (unpaired) electrons. The molecule has 4 N–H and O–H groups in total. The highest BCUT2D eigenvalue weighted by molar-refractivity contribution is 5.95. The van der Waals surface area contributed by atoms with Gasteiger partial charge in [-0.3, -0.25) is 19.2 Å². The number of carbonyl (C=O) groups excluding carboxylic acids is 4. The number of nitriles is 1. The summed E-state index contributed by atoms with van der Waals surface area (Å²) in [5.74, 6) is -4.41. The summed E-state index contributed by atoms with van der Waals surface area (Å²) in [7, 11) is 0. The third-order valence-electron chi connectivity index (χ3n) is 11.4. The maximum absolute atomic E-state index is 14.4. The number of piperidine rings is 1. The average molecular weight is 594 g/mol. The van der Waals surface area contributed by atoms with Crippen LogP contribution in [-0.2, 0) is 19.2 Å². The van der Waals surface area contributed by atoms with Crippen molar-refractivity contribution in [2.24, 2.45) is 40.4 Å². The number of carbonyl (C=O) groups is 4. The van der Waals surface area contributed by atoms with Crippen molar-refractivity contribution in [3.05, 3.63) is 0 Å². The number of aliphatic hydroxyl groups is 1. The van der Waals surface area contributed by atoms with E-state index in [1.807, 2.05) is 25.2 Å². The summed E-state index contributed by atoms with van der Waals surface area (Å²) in [4.78, 5) is 53.8. The minimum absolute atomic E-state index is 0.0449. The lowest BCUT2D eigenvalue weighted by atomic mass is 9.46. The topological polar surface area (TPSA) is 152 Å². The van der Waals surface area contributed by atoms with Gasteiger partial charge < -0.3 is 26.0 Å². The number of rotatable bonds is 7. The van der Waals surface area contributed by atoms with E-state index in [1.165, 1.54) is 4.90 Å². The van der Waals surface area contributed by atoms with Crippen LogP contribution in [0.25, 0.3) is 0 Å². The molecule has 4 amide bonds. The lowest BCUT2D eigenvalue weighted by Gasteiger charge is -2.62. The Kier molecular flexibility index (Phi) is 6.65. The Morgan fingerprint density at radius 1 is 1.17 bits per heavy atom. The lowest BCUT2D eigenvalue weighted by Crippen LogP contribution is -2.68. The summed E-state index contributed by atoms with van der Waals surface area (Å²) in [5, 5.41) is 28.5. The van der Waals surface area contributed by atoms with Gasteiger partial charge in [-0.15, -0.1) is 0 Å². The van der Waals surface area contributed by atoms with Crippen LogP contribution in [0, 0.1) is 51.8 Å². The zero-order valence-corrected chi connectivity index (χ0v) is 23.8. The Morgan fingerprint density at radius 2 is 1.83 bits per heavy atom. The number of amides is 4. The molecule has 5 aliphatic carbocycles. The molecule has 7 aliphatic rings. The Hall–Kier alpha value is -2.88. The fourth-order valence-electron chi connectivity index (χ4n) is 9.85. The van der Waals surface area contributed by atoms with Crippen molar-refractivity contribution < 1.29 is 37.5 Å². The van der Waals surface area contributed by atoms with Crippen molar-refractivity contribution in [1.29, 1.82) is 5.26 Å². The molecule has 13 heteroatoms. The molecule has 0 spiro atoms. The number of hydrogen-bond donors (Lipinski definition) is 4. The Labute approximate surface area is 242 Å². The van der Waals surface area contributed by atoms with E-state index < -0.39 is 59.0 Å². The first-order chi connectivity index (χ1) is 19.6. The van der Waals surface area contributed by atoms with Crippen molar-refractivity contribution >= 4 is 23.6 Å². The fraction of sp³-hybridized carbons (Fsp3) is 0.828. The first-order valence-corrected chi connectivity index (χ1v) is 15.0. The van der Waals surface area contributed by atoms with Crippen LogP contribution in [-0.4, -0.2) is 76.6 Å². The van der Waals surface area contributed by atoms with Gasteiger partial charge in [0.1, 0.15) is 18.1 Å². The second-order valence-electron chi connectivity index (χ2n) is 14.5. The third-order valence-corrected chi connectivity index (χ3v) is 11.4. The molecule has 10 nitrogen and oxygen atoms in total. The maximum Gasteiger partial charge on any atom is 0.471 e. The number of nitrogens with one attached hydrogen (secondary N) is 3. The van der Waals surface area contributed by atoms with Crippen molar-refractivity contribution in [2.45, 2.75) is 95.1 Å². The number of likely N-dealkylation sites (tertiary alicyclic amines) is 1. The molecule has 0 unspecified atom stereocenters. The number of nitrogens with zero attached hydrogens (tertiary/aromatic N) is 2. The zero-order chi connectivity index (χ0) is 30.4. The molecule has 230 valence electrons. The highest BCUT2D eigenvalue weighted by Gasteiger charge is 2.71. The van der Waals surface area contributed by atoms with Crippen LogP contribution in [0.2, 0.25) is 0 Å². The van der Waals surface area contributed by atoms with E-state index in [-0.39, 0.29) is 54.4 Å². The second-order valence-corrected chi connectivity index (χ2v) is 14.5. The van der Waals surface area contributed by atoms with E-state index in [2.05, 4.69) is 10.6 Å². The van der Waals surface area contributed by atoms with Gasteiger partial charge in [0, 0.05) is 24.4 Å². The molecule has 10 atom stereocenters. The Morgan fingerprint density at radius 3 is 2.38 bits per heavy atom. The molecular weight excluding hydrogens is 555 g/mol. The summed E-state index contributed by atoms with van der Waals surface area (Å²) in [5.41, 5.74) is -2.44. The predicted octanol–water partition coefficient (Wildman–Crippen LogP) is 1.38. The molecule has 7 fully saturated rings. The molecule has 0 aromatic rings. The molecule has 2 heterocycles. The summed E-state index contributed by atoms with van der Waals surface area (Å²) in [6.07, 6.45) is -1.72. The standard InChI is InChI=1S/C29H38F3N5O5/c1-26(2)18-12-37(20(19(18)26)23(39)35-17(11-33)6-16-3-4-34-22(16)38)24(40)21(36-25(41)29(30,31)32)27-7-14-5-15(8-27)10-28(42,9-14)13-27/h14-21,42H,3-10,12-13H2,1-2H3,(H,34,38)(H,35,39)(H,36,41)/t14-,15+,16-,17-,18-,19-,20-,21+,27+,28+/m0/s1. The second kappa shape index (κ2) is 9.56. The van der Waals surface area contributed by atoms with Crippen molar-refractivity contribution in [1.82, 2.24) is 20.9 Å². The van der Waals surface area contributed by atoms with Crippen molar-refractivity contribution in [2.75, 3.05) is 13.1 Å². The first-order valence-electron chi connectivity index (χ1n) is 15.0. The van der Waals surface area contributed by atoms with Crippen LogP contribution >= 0.6 is 0 Å². The van der Waals surface area contributed by atoms with Crippen molar-refractivity contribution in [3.8, 4) is 6.07 Å². The Bertz CT molecular complexity index is 1230. The van der Waals surface area contributed by atoms with E-state index >= 15 is 0 Å². The molecule has 0 aromatic carbocycles. The van der Waals surface area contributed by atoms with Crippen LogP contribution in [0.15, 0.2) is 0 Å². The first kappa shape index (κ1) is 29.2. The van der Waals surface area contributed by atoms with E-state index in [9.17, 15) is 42.7 Å². The minimum atomic E-state index is -5.21. The van der Waals surface area contributed by atoms with Crippen LogP contribution in [0.3, 0.4) is 0 Å². The molecule has 2 saturated heterocycles. The third kappa shape index (κ3) is 4.74.